The number of nitrogens with one attached hydrogen (secondary N) is 4. The number of carbonyl (C=O) groups is 1. The van der Waals surface area contributed by atoms with E-state index in [1.165, 1.54) is 12.1 Å². The maximum Gasteiger partial charge on any atom is 0.335 e. The Kier molecular flexibility index (Phi) is 7.64. The summed E-state index contributed by atoms with van der Waals surface area (Å²) < 4.78 is 0. The molecular formula is C21H16Cl2N4O2S2. The Morgan fingerprint density at radius 2 is 1.10 bits per heavy atom. The molecule has 3 rings (SSSR count). The van der Waals surface area contributed by atoms with Crippen molar-refractivity contribution in [3.63, 3.8) is 0 Å². The van der Waals surface area contributed by atoms with Gasteiger partial charge in [-0.3, -0.25) is 0 Å². The molecule has 0 atom stereocenters. The van der Waals surface area contributed by atoms with E-state index >= 15 is 0 Å². The lowest BCUT2D eigenvalue weighted by molar-refractivity contribution is 0.0697. The Morgan fingerprint density at radius 1 is 0.677 bits per heavy atom. The first-order valence-electron chi connectivity index (χ1n) is 8.84. The average Bonchev–Trinajstić information content (AvgIpc) is 2.67. The van der Waals surface area contributed by atoms with E-state index in [1.54, 1.807) is 54.6 Å². The molecule has 158 valence electrons. The standard InChI is InChI=1S/C21H16Cl2N4O2S2/c22-13-3-1-5-15(9-13)24-20(30)26-17-7-12(19(28)29)8-18(11-17)27-21(31)25-16-6-2-4-14(23)10-16/h1-11H,(H,28,29)(H2,24,26,30)(H2,25,27,31). The zero-order chi connectivity index (χ0) is 22.4. The van der Waals surface area contributed by atoms with E-state index in [4.69, 9.17) is 47.6 Å². The highest BCUT2D eigenvalue weighted by Gasteiger charge is 2.10. The molecule has 0 unspecified atom stereocenters. The van der Waals surface area contributed by atoms with Gasteiger partial charge in [-0.25, -0.2) is 4.79 Å². The van der Waals surface area contributed by atoms with Crippen LogP contribution in [0.5, 0.6) is 0 Å². The number of aromatic carboxylic acids is 1. The van der Waals surface area contributed by atoms with Gasteiger partial charge in [-0.1, -0.05) is 35.3 Å². The van der Waals surface area contributed by atoms with Crippen LogP contribution in [0.2, 0.25) is 10.0 Å². The fourth-order valence-corrected chi connectivity index (χ4v) is 3.47. The Bertz CT molecular complexity index is 1080. The molecule has 3 aromatic rings. The molecule has 3 aromatic carbocycles. The maximum absolute atomic E-state index is 11.6. The number of carboxylic acids is 1. The number of hydrogen-bond donors (Lipinski definition) is 5. The van der Waals surface area contributed by atoms with Gasteiger partial charge in [-0.2, -0.15) is 0 Å². The van der Waals surface area contributed by atoms with Crippen molar-refractivity contribution in [2.24, 2.45) is 0 Å². The van der Waals surface area contributed by atoms with Crippen molar-refractivity contribution in [3.05, 3.63) is 82.3 Å². The number of rotatable bonds is 5. The van der Waals surface area contributed by atoms with Crippen LogP contribution in [0.4, 0.5) is 22.7 Å². The molecule has 0 bridgehead atoms. The van der Waals surface area contributed by atoms with Crippen molar-refractivity contribution in [2.45, 2.75) is 0 Å². The summed E-state index contributed by atoms with van der Waals surface area (Å²) in [5.74, 6) is -1.09. The van der Waals surface area contributed by atoms with Crippen LogP contribution in [0.3, 0.4) is 0 Å². The first-order valence-corrected chi connectivity index (χ1v) is 10.4. The van der Waals surface area contributed by atoms with E-state index < -0.39 is 5.97 Å². The Hall–Kier alpha value is -2.91. The highest BCUT2D eigenvalue weighted by atomic mass is 35.5. The molecular weight excluding hydrogens is 475 g/mol. The first-order chi connectivity index (χ1) is 14.8. The molecule has 0 fully saturated rings. The average molecular weight is 491 g/mol. The van der Waals surface area contributed by atoms with Gasteiger partial charge >= 0.3 is 5.97 Å². The van der Waals surface area contributed by atoms with Gasteiger partial charge in [-0.05, 0) is 79.0 Å². The lowest BCUT2D eigenvalue weighted by Gasteiger charge is -2.15. The summed E-state index contributed by atoms with van der Waals surface area (Å²) in [5.41, 5.74) is 2.39. The number of carboxylic acid groups (broad SMARTS) is 1. The minimum Gasteiger partial charge on any atom is -0.478 e. The van der Waals surface area contributed by atoms with E-state index in [9.17, 15) is 9.90 Å². The molecule has 0 aromatic heterocycles. The summed E-state index contributed by atoms with van der Waals surface area (Å²) >= 11 is 22.6. The second-order valence-electron chi connectivity index (χ2n) is 6.28. The Labute approximate surface area is 199 Å². The normalized spacial score (nSPS) is 10.1. The molecule has 5 N–H and O–H groups in total. The molecule has 6 nitrogen and oxygen atoms in total. The van der Waals surface area contributed by atoms with E-state index in [0.717, 1.165) is 0 Å². The third-order valence-corrected chi connectivity index (χ3v) is 4.74. The van der Waals surface area contributed by atoms with Gasteiger partial charge in [0.05, 0.1) is 5.56 Å². The Morgan fingerprint density at radius 3 is 1.48 bits per heavy atom. The molecule has 0 saturated carbocycles. The van der Waals surface area contributed by atoms with Crippen molar-refractivity contribution in [2.75, 3.05) is 21.3 Å². The van der Waals surface area contributed by atoms with Crippen molar-refractivity contribution in [1.82, 2.24) is 0 Å². The van der Waals surface area contributed by atoms with Crippen molar-refractivity contribution in [3.8, 4) is 0 Å². The number of halogens is 2. The van der Waals surface area contributed by atoms with E-state index in [1.807, 2.05) is 0 Å². The smallest absolute Gasteiger partial charge is 0.335 e. The maximum atomic E-state index is 11.6. The molecule has 0 aliphatic rings. The van der Waals surface area contributed by atoms with Crippen molar-refractivity contribution >= 4 is 86.6 Å². The number of benzene rings is 3. The van der Waals surface area contributed by atoms with Crippen molar-refractivity contribution < 1.29 is 9.90 Å². The lowest BCUT2D eigenvalue weighted by atomic mass is 10.1. The number of anilines is 4. The van der Waals surface area contributed by atoms with E-state index in [0.29, 0.717) is 32.8 Å². The van der Waals surface area contributed by atoms with Crippen LogP contribution in [-0.4, -0.2) is 21.3 Å². The molecule has 0 saturated heterocycles. The first kappa shape index (κ1) is 22.8. The fraction of sp³-hybridized carbons (Fsp3) is 0. The predicted octanol–water partition coefficient (Wildman–Crippen LogP) is 6.31. The topological polar surface area (TPSA) is 85.4 Å². The second kappa shape index (κ2) is 10.4. The SMILES string of the molecule is O=C(O)c1cc(NC(=S)Nc2cccc(Cl)c2)cc(NC(=S)Nc2cccc(Cl)c2)c1. The number of thiocarbonyl (C=S) groups is 2. The largest absolute Gasteiger partial charge is 0.478 e. The summed E-state index contributed by atoms with van der Waals surface area (Å²) in [6, 6.07) is 18.7. The molecule has 0 spiro atoms. The summed E-state index contributed by atoms with van der Waals surface area (Å²) in [6.07, 6.45) is 0. The van der Waals surface area contributed by atoms with E-state index in [2.05, 4.69) is 21.3 Å². The predicted molar refractivity (Wildman–Crippen MR) is 136 cm³/mol. The van der Waals surface area contributed by atoms with Gasteiger partial charge in [0.1, 0.15) is 0 Å². The van der Waals surface area contributed by atoms with Crippen LogP contribution in [0, 0.1) is 0 Å². The van der Waals surface area contributed by atoms with Gasteiger partial charge in [0, 0.05) is 32.8 Å². The van der Waals surface area contributed by atoms with Gasteiger partial charge in [-0.15, -0.1) is 0 Å². The summed E-state index contributed by atoms with van der Waals surface area (Å²) in [7, 11) is 0. The molecule has 0 aliphatic carbocycles. The third kappa shape index (κ3) is 7.08. The monoisotopic (exact) mass is 490 g/mol. The highest BCUT2D eigenvalue weighted by Crippen LogP contribution is 2.22. The van der Waals surface area contributed by atoms with Crippen LogP contribution in [-0.2, 0) is 0 Å². The third-order valence-electron chi connectivity index (χ3n) is 3.86. The minimum absolute atomic E-state index is 0.0589. The zero-order valence-electron chi connectivity index (χ0n) is 15.8. The summed E-state index contributed by atoms with van der Waals surface area (Å²) in [5, 5.41) is 23.1. The summed E-state index contributed by atoms with van der Waals surface area (Å²) in [4.78, 5) is 11.6. The molecule has 31 heavy (non-hydrogen) atoms. The van der Waals surface area contributed by atoms with Gasteiger partial charge < -0.3 is 26.4 Å². The fourth-order valence-electron chi connectivity index (χ4n) is 2.61. The number of hydrogen-bond acceptors (Lipinski definition) is 3. The summed E-state index contributed by atoms with van der Waals surface area (Å²) in [6.45, 7) is 0. The second-order valence-corrected chi connectivity index (χ2v) is 7.97. The van der Waals surface area contributed by atoms with Crippen LogP contribution in [0.25, 0.3) is 0 Å². The van der Waals surface area contributed by atoms with Crippen LogP contribution in [0.15, 0.2) is 66.7 Å². The van der Waals surface area contributed by atoms with Gasteiger partial charge in [0.25, 0.3) is 0 Å². The van der Waals surface area contributed by atoms with Gasteiger partial charge in [0.15, 0.2) is 10.2 Å². The zero-order valence-corrected chi connectivity index (χ0v) is 18.9. The van der Waals surface area contributed by atoms with E-state index in [-0.39, 0.29) is 15.8 Å². The quantitative estimate of drug-likeness (QED) is 0.266. The van der Waals surface area contributed by atoms with Crippen molar-refractivity contribution in [1.29, 1.82) is 0 Å². The van der Waals surface area contributed by atoms with Crippen LogP contribution in [0.1, 0.15) is 10.4 Å². The molecule has 0 aliphatic heterocycles. The molecule has 0 heterocycles. The molecule has 0 amide bonds. The Balaban J connectivity index is 1.73. The highest BCUT2D eigenvalue weighted by molar-refractivity contribution is 7.81. The van der Waals surface area contributed by atoms with Crippen LogP contribution < -0.4 is 21.3 Å². The molecule has 10 heteroatoms. The van der Waals surface area contributed by atoms with Crippen LogP contribution >= 0.6 is 47.6 Å². The lowest BCUT2D eigenvalue weighted by Crippen LogP contribution is -2.21. The molecule has 0 radical (unpaired) electrons. The van der Waals surface area contributed by atoms with Gasteiger partial charge in [0.2, 0.25) is 0 Å². The minimum atomic E-state index is -1.09.